The monoisotopic (exact) mass is 220 g/mol. The van der Waals surface area contributed by atoms with E-state index >= 15 is 0 Å². The zero-order chi connectivity index (χ0) is 10.7. The summed E-state index contributed by atoms with van der Waals surface area (Å²) in [7, 11) is 2.00. The molecule has 2 nitrogen and oxygen atoms in total. The first-order chi connectivity index (χ1) is 7.29. The van der Waals surface area contributed by atoms with Gasteiger partial charge in [0.2, 0.25) is 0 Å². The molecule has 1 heterocycles. The molecule has 0 saturated carbocycles. The Kier molecular flexibility index (Phi) is 3.34. The lowest BCUT2D eigenvalue weighted by molar-refractivity contribution is 0.677. The Hall–Kier alpha value is -0.930. The molecule has 3 heteroatoms. The predicted octanol–water partition coefficient (Wildman–Crippen LogP) is 2.87. The molecule has 80 valence electrons. The Balaban J connectivity index is 2.09. The van der Waals surface area contributed by atoms with Crippen LogP contribution in [0.1, 0.15) is 6.92 Å². The third kappa shape index (κ3) is 2.55. The molecule has 0 aliphatic carbocycles. The lowest BCUT2D eigenvalue weighted by Gasteiger charge is -2.07. The first-order valence-corrected chi connectivity index (χ1v) is 6.16. The number of rotatable bonds is 4. The average Bonchev–Trinajstić information content (AvgIpc) is 2.68. The van der Waals surface area contributed by atoms with Gasteiger partial charge in [0.05, 0.1) is 5.03 Å². The van der Waals surface area contributed by atoms with Gasteiger partial charge < -0.3 is 10.3 Å². The maximum Gasteiger partial charge on any atom is 0.0733 e. The summed E-state index contributed by atoms with van der Waals surface area (Å²) in [5.74, 6) is 1.09. The molecule has 0 spiro atoms. The normalized spacial score (nSPS) is 13.2. The van der Waals surface area contributed by atoms with E-state index < -0.39 is 0 Å². The van der Waals surface area contributed by atoms with E-state index in [9.17, 15) is 0 Å². The van der Waals surface area contributed by atoms with Crippen molar-refractivity contribution in [2.24, 2.45) is 0 Å². The molecule has 0 amide bonds. The summed E-state index contributed by atoms with van der Waals surface area (Å²) < 4.78 is 0. The molecule has 0 saturated heterocycles. The highest BCUT2D eigenvalue weighted by molar-refractivity contribution is 7.99. The molecule has 0 aliphatic heterocycles. The molecule has 1 aromatic heterocycles. The molecule has 2 aromatic rings. The van der Waals surface area contributed by atoms with Gasteiger partial charge in [-0.2, -0.15) is 0 Å². The number of aromatic amines is 1. The Morgan fingerprint density at radius 2 is 2.20 bits per heavy atom. The Morgan fingerprint density at radius 3 is 2.93 bits per heavy atom. The van der Waals surface area contributed by atoms with Gasteiger partial charge in [-0.25, -0.2) is 0 Å². The zero-order valence-corrected chi connectivity index (χ0v) is 9.90. The first-order valence-electron chi connectivity index (χ1n) is 5.17. The van der Waals surface area contributed by atoms with Gasteiger partial charge in [-0.15, -0.1) is 11.8 Å². The van der Waals surface area contributed by atoms with E-state index in [4.69, 9.17) is 0 Å². The van der Waals surface area contributed by atoms with Crippen LogP contribution in [0, 0.1) is 0 Å². The molecule has 0 aliphatic rings. The fraction of sp³-hybridized carbons (Fsp3) is 0.333. The molecule has 2 N–H and O–H groups in total. The number of benzene rings is 1. The summed E-state index contributed by atoms with van der Waals surface area (Å²) in [5.41, 5.74) is 1.22. The lowest BCUT2D eigenvalue weighted by atomic mass is 10.3. The van der Waals surface area contributed by atoms with Crippen LogP contribution < -0.4 is 5.32 Å². The summed E-state index contributed by atoms with van der Waals surface area (Å²) in [6.45, 7) is 2.19. The van der Waals surface area contributed by atoms with Crippen molar-refractivity contribution in [2.45, 2.75) is 18.0 Å². The van der Waals surface area contributed by atoms with Gasteiger partial charge in [0.1, 0.15) is 0 Å². The molecule has 0 bridgehead atoms. The third-order valence-corrected chi connectivity index (χ3v) is 3.68. The van der Waals surface area contributed by atoms with E-state index in [2.05, 4.69) is 47.6 Å². The lowest BCUT2D eigenvalue weighted by Crippen LogP contribution is -2.23. The number of aromatic nitrogens is 1. The van der Waals surface area contributed by atoms with Crippen molar-refractivity contribution in [1.29, 1.82) is 0 Å². The minimum atomic E-state index is 0.543. The van der Waals surface area contributed by atoms with Crippen molar-refractivity contribution < 1.29 is 0 Å². The van der Waals surface area contributed by atoms with Crippen molar-refractivity contribution in [1.82, 2.24) is 10.3 Å². The van der Waals surface area contributed by atoms with Crippen molar-refractivity contribution >= 4 is 22.7 Å². The zero-order valence-electron chi connectivity index (χ0n) is 9.08. The number of thioether (sulfide) groups is 1. The quantitative estimate of drug-likeness (QED) is 0.775. The minimum absolute atomic E-state index is 0.543. The summed E-state index contributed by atoms with van der Waals surface area (Å²) in [6, 6.07) is 11.1. The van der Waals surface area contributed by atoms with E-state index in [-0.39, 0.29) is 0 Å². The van der Waals surface area contributed by atoms with Gasteiger partial charge in [-0.05, 0) is 26.1 Å². The van der Waals surface area contributed by atoms with Gasteiger partial charge in [0, 0.05) is 22.7 Å². The average molecular weight is 220 g/mol. The smallest absolute Gasteiger partial charge is 0.0733 e. The largest absolute Gasteiger partial charge is 0.350 e. The van der Waals surface area contributed by atoms with E-state index in [0.717, 1.165) is 5.75 Å². The maximum absolute atomic E-state index is 3.41. The Labute approximate surface area is 94.5 Å². The van der Waals surface area contributed by atoms with Gasteiger partial charge in [-0.1, -0.05) is 18.2 Å². The van der Waals surface area contributed by atoms with Crippen LogP contribution in [0.15, 0.2) is 35.4 Å². The van der Waals surface area contributed by atoms with Crippen LogP contribution in [0.3, 0.4) is 0 Å². The highest BCUT2D eigenvalue weighted by Gasteiger charge is 2.03. The van der Waals surface area contributed by atoms with Crippen LogP contribution in [0.5, 0.6) is 0 Å². The van der Waals surface area contributed by atoms with Crippen LogP contribution in [-0.2, 0) is 0 Å². The molecule has 1 aromatic carbocycles. The maximum atomic E-state index is 3.41. The molecule has 1 unspecified atom stereocenters. The summed E-state index contributed by atoms with van der Waals surface area (Å²) in [6.07, 6.45) is 0. The van der Waals surface area contributed by atoms with Crippen LogP contribution in [0.2, 0.25) is 0 Å². The van der Waals surface area contributed by atoms with Crippen LogP contribution >= 0.6 is 11.8 Å². The van der Waals surface area contributed by atoms with Crippen LogP contribution in [-0.4, -0.2) is 23.8 Å². The number of hydrogen-bond donors (Lipinski definition) is 2. The second kappa shape index (κ2) is 4.73. The second-order valence-electron chi connectivity index (χ2n) is 3.72. The highest BCUT2D eigenvalue weighted by atomic mass is 32.2. The van der Waals surface area contributed by atoms with Crippen molar-refractivity contribution in [2.75, 3.05) is 12.8 Å². The predicted molar refractivity (Wildman–Crippen MR) is 67.5 cm³/mol. The molecular formula is C12H16N2S. The van der Waals surface area contributed by atoms with E-state index in [1.807, 2.05) is 18.8 Å². The Morgan fingerprint density at radius 1 is 1.40 bits per heavy atom. The second-order valence-corrected chi connectivity index (χ2v) is 4.78. The minimum Gasteiger partial charge on any atom is -0.350 e. The number of hydrogen-bond acceptors (Lipinski definition) is 2. The van der Waals surface area contributed by atoms with Crippen LogP contribution in [0.4, 0.5) is 0 Å². The van der Waals surface area contributed by atoms with Gasteiger partial charge in [0.15, 0.2) is 0 Å². The van der Waals surface area contributed by atoms with Crippen molar-refractivity contribution in [3.63, 3.8) is 0 Å². The fourth-order valence-corrected chi connectivity index (χ4v) is 2.41. The molecule has 15 heavy (non-hydrogen) atoms. The molecule has 0 fully saturated rings. The van der Waals surface area contributed by atoms with E-state index in [1.165, 1.54) is 15.9 Å². The third-order valence-electron chi connectivity index (χ3n) is 2.49. The van der Waals surface area contributed by atoms with Crippen molar-refractivity contribution in [3.05, 3.63) is 30.3 Å². The standard InChI is InChI=1S/C12H16N2S/c1-9(13-2)8-15-12-7-10-5-3-4-6-11(10)14-12/h3-7,9,13-14H,8H2,1-2H3. The summed E-state index contributed by atoms with van der Waals surface area (Å²) >= 11 is 1.86. The van der Waals surface area contributed by atoms with E-state index in [0.29, 0.717) is 6.04 Å². The van der Waals surface area contributed by atoms with Gasteiger partial charge in [-0.3, -0.25) is 0 Å². The SMILES string of the molecule is CNC(C)CSc1cc2ccccc2[nH]1. The van der Waals surface area contributed by atoms with Crippen LogP contribution in [0.25, 0.3) is 10.9 Å². The Bertz CT molecular complexity index is 403. The highest BCUT2D eigenvalue weighted by Crippen LogP contribution is 2.23. The molecular weight excluding hydrogens is 204 g/mol. The molecule has 1 atom stereocenters. The van der Waals surface area contributed by atoms with E-state index in [1.54, 1.807) is 0 Å². The van der Waals surface area contributed by atoms with Gasteiger partial charge in [0.25, 0.3) is 0 Å². The number of H-pyrrole nitrogens is 1. The van der Waals surface area contributed by atoms with Gasteiger partial charge >= 0.3 is 0 Å². The number of fused-ring (bicyclic) bond motifs is 1. The number of para-hydroxylation sites is 1. The summed E-state index contributed by atoms with van der Waals surface area (Å²) in [5, 5.41) is 5.77. The first kappa shape index (κ1) is 10.6. The molecule has 2 rings (SSSR count). The number of nitrogens with one attached hydrogen (secondary N) is 2. The topological polar surface area (TPSA) is 27.8 Å². The fourth-order valence-electron chi connectivity index (χ4n) is 1.42. The molecule has 0 radical (unpaired) electrons. The van der Waals surface area contributed by atoms with Crippen molar-refractivity contribution in [3.8, 4) is 0 Å². The summed E-state index contributed by atoms with van der Waals surface area (Å²) in [4.78, 5) is 3.41.